The van der Waals surface area contributed by atoms with Crippen LogP contribution in [0, 0.1) is 13.8 Å². The highest BCUT2D eigenvalue weighted by atomic mass is 35.5. The van der Waals surface area contributed by atoms with Gasteiger partial charge in [0.05, 0.1) is 5.02 Å². The van der Waals surface area contributed by atoms with Crippen molar-refractivity contribution in [2.45, 2.75) is 39.7 Å². The van der Waals surface area contributed by atoms with Gasteiger partial charge in [0.2, 0.25) is 0 Å². The summed E-state index contributed by atoms with van der Waals surface area (Å²) in [5.74, 6) is 1.52. The van der Waals surface area contributed by atoms with Gasteiger partial charge in [-0.3, -0.25) is 0 Å². The molecule has 2 rings (SSSR count). The molecule has 2 N–H and O–H groups in total. The molecular formula is C18H22ClNO. The molecule has 2 nitrogen and oxygen atoms in total. The maximum absolute atomic E-state index is 6.33. The van der Waals surface area contributed by atoms with Crippen LogP contribution in [0.4, 0.5) is 0 Å². The number of ether oxygens (including phenoxy) is 1. The highest BCUT2D eigenvalue weighted by Gasteiger charge is 2.08. The van der Waals surface area contributed by atoms with E-state index < -0.39 is 0 Å². The third kappa shape index (κ3) is 4.23. The largest absolute Gasteiger partial charge is 0.456 e. The SMILES string of the molecule is CCC(N)Cc1ccc(Oc2cc(C)ccc2C)c(Cl)c1. The number of halogens is 1. The van der Waals surface area contributed by atoms with Crippen LogP contribution in [0.15, 0.2) is 36.4 Å². The molecule has 2 aromatic carbocycles. The predicted molar refractivity (Wildman–Crippen MR) is 89.4 cm³/mol. The van der Waals surface area contributed by atoms with E-state index in [2.05, 4.69) is 13.0 Å². The number of rotatable bonds is 5. The molecule has 0 heterocycles. The predicted octanol–water partition coefficient (Wildman–Crippen LogP) is 5.03. The zero-order valence-corrected chi connectivity index (χ0v) is 13.6. The van der Waals surface area contributed by atoms with Crippen LogP contribution in [0.2, 0.25) is 5.02 Å². The van der Waals surface area contributed by atoms with Crippen molar-refractivity contribution in [1.29, 1.82) is 0 Å². The first kappa shape index (κ1) is 15.9. The van der Waals surface area contributed by atoms with E-state index in [1.165, 1.54) is 0 Å². The van der Waals surface area contributed by atoms with Gasteiger partial charge >= 0.3 is 0 Å². The summed E-state index contributed by atoms with van der Waals surface area (Å²) in [4.78, 5) is 0. The minimum atomic E-state index is 0.173. The van der Waals surface area contributed by atoms with Crippen LogP contribution < -0.4 is 10.5 Å². The van der Waals surface area contributed by atoms with E-state index in [1.54, 1.807) is 0 Å². The van der Waals surface area contributed by atoms with Crippen molar-refractivity contribution in [2.75, 3.05) is 0 Å². The summed E-state index contributed by atoms with van der Waals surface area (Å²) in [6.45, 7) is 6.16. The topological polar surface area (TPSA) is 35.2 Å². The van der Waals surface area contributed by atoms with Gasteiger partial charge in [0.25, 0.3) is 0 Å². The van der Waals surface area contributed by atoms with E-state index in [1.807, 2.05) is 44.2 Å². The first-order valence-electron chi connectivity index (χ1n) is 7.28. The Bertz CT molecular complexity index is 625. The normalized spacial score (nSPS) is 12.2. The number of hydrogen-bond acceptors (Lipinski definition) is 2. The van der Waals surface area contributed by atoms with Gasteiger partial charge < -0.3 is 10.5 Å². The van der Waals surface area contributed by atoms with Gasteiger partial charge in [-0.1, -0.05) is 36.7 Å². The zero-order chi connectivity index (χ0) is 15.4. The minimum Gasteiger partial charge on any atom is -0.456 e. The van der Waals surface area contributed by atoms with Gasteiger partial charge in [-0.05, 0) is 61.6 Å². The number of hydrogen-bond donors (Lipinski definition) is 1. The molecule has 0 amide bonds. The summed E-state index contributed by atoms with van der Waals surface area (Å²) in [5, 5.41) is 0.622. The summed E-state index contributed by atoms with van der Waals surface area (Å²) in [6, 6.07) is 12.2. The lowest BCUT2D eigenvalue weighted by Crippen LogP contribution is -2.21. The molecule has 0 fully saturated rings. The van der Waals surface area contributed by atoms with E-state index in [0.29, 0.717) is 10.8 Å². The average Bonchev–Trinajstić information content (AvgIpc) is 2.45. The molecule has 0 aromatic heterocycles. The van der Waals surface area contributed by atoms with Gasteiger partial charge in [0.1, 0.15) is 11.5 Å². The summed E-state index contributed by atoms with van der Waals surface area (Å²) in [5.41, 5.74) is 9.38. The fourth-order valence-electron chi connectivity index (χ4n) is 2.14. The second-order valence-electron chi connectivity index (χ2n) is 5.51. The van der Waals surface area contributed by atoms with Crippen molar-refractivity contribution in [3.63, 3.8) is 0 Å². The second kappa shape index (κ2) is 6.97. The Morgan fingerprint density at radius 1 is 1.10 bits per heavy atom. The molecule has 0 radical (unpaired) electrons. The Kier molecular flexibility index (Phi) is 5.27. The van der Waals surface area contributed by atoms with Crippen molar-refractivity contribution in [3.8, 4) is 11.5 Å². The molecule has 0 saturated carbocycles. The molecule has 1 unspecified atom stereocenters. The van der Waals surface area contributed by atoms with Crippen molar-refractivity contribution < 1.29 is 4.74 Å². The van der Waals surface area contributed by atoms with Gasteiger partial charge in [-0.15, -0.1) is 0 Å². The van der Waals surface area contributed by atoms with E-state index in [0.717, 1.165) is 35.3 Å². The lowest BCUT2D eigenvalue weighted by atomic mass is 10.0. The van der Waals surface area contributed by atoms with Crippen LogP contribution in [0.1, 0.15) is 30.0 Å². The van der Waals surface area contributed by atoms with E-state index in [-0.39, 0.29) is 6.04 Å². The quantitative estimate of drug-likeness (QED) is 0.841. The van der Waals surface area contributed by atoms with Crippen LogP contribution in [-0.2, 0) is 6.42 Å². The summed E-state index contributed by atoms with van der Waals surface area (Å²) in [6.07, 6.45) is 1.79. The summed E-state index contributed by atoms with van der Waals surface area (Å²) in [7, 11) is 0. The first-order chi connectivity index (χ1) is 9.99. The second-order valence-corrected chi connectivity index (χ2v) is 5.92. The van der Waals surface area contributed by atoms with E-state index >= 15 is 0 Å². The van der Waals surface area contributed by atoms with Crippen molar-refractivity contribution >= 4 is 11.6 Å². The molecule has 0 aliphatic rings. The highest BCUT2D eigenvalue weighted by Crippen LogP contribution is 2.32. The monoisotopic (exact) mass is 303 g/mol. The molecule has 0 bridgehead atoms. The Balaban J connectivity index is 2.19. The number of benzene rings is 2. The first-order valence-corrected chi connectivity index (χ1v) is 7.66. The Hall–Kier alpha value is -1.51. The van der Waals surface area contributed by atoms with Crippen LogP contribution in [-0.4, -0.2) is 6.04 Å². The Morgan fingerprint density at radius 3 is 2.52 bits per heavy atom. The molecular weight excluding hydrogens is 282 g/mol. The smallest absolute Gasteiger partial charge is 0.146 e. The summed E-state index contributed by atoms with van der Waals surface area (Å²) < 4.78 is 5.94. The third-order valence-electron chi connectivity index (χ3n) is 3.58. The Labute approximate surface area is 131 Å². The highest BCUT2D eigenvalue weighted by molar-refractivity contribution is 6.32. The zero-order valence-electron chi connectivity index (χ0n) is 12.8. The molecule has 0 aliphatic carbocycles. The van der Waals surface area contributed by atoms with Crippen LogP contribution in [0.25, 0.3) is 0 Å². The lowest BCUT2D eigenvalue weighted by Gasteiger charge is -2.13. The molecule has 1 atom stereocenters. The lowest BCUT2D eigenvalue weighted by molar-refractivity contribution is 0.478. The van der Waals surface area contributed by atoms with Crippen molar-refractivity contribution in [2.24, 2.45) is 5.73 Å². The van der Waals surface area contributed by atoms with Gasteiger partial charge in [-0.2, -0.15) is 0 Å². The molecule has 3 heteroatoms. The fraction of sp³-hybridized carbons (Fsp3) is 0.333. The Morgan fingerprint density at radius 2 is 1.86 bits per heavy atom. The molecule has 0 aliphatic heterocycles. The van der Waals surface area contributed by atoms with Crippen molar-refractivity contribution in [1.82, 2.24) is 0 Å². The van der Waals surface area contributed by atoms with Gasteiger partial charge in [0, 0.05) is 6.04 Å². The number of aryl methyl sites for hydroxylation is 2. The standard InChI is InChI=1S/C18H22ClNO/c1-4-15(20)10-14-7-8-17(16(19)11-14)21-18-9-12(2)5-6-13(18)3/h5-9,11,15H,4,10,20H2,1-3H3. The van der Waals surface area contributed by atoms with Gasteiger partial charge in [-0.25, -0.2) is 0 Å². The maximum atomic E-state index is 6.33. The summed E-state index contributed by atoms with van der Waals surface area (Å²) >= 11 is 6.33. The minimum absolute atomic E-state index is 0.173. The van der Waals surface area contributed by atoms with Crippen LogP contribution in [0.3, 0.4) is 0 Å². The molecule has 112 valence electrons. The average molecular weight is 304 g/mol. The third-order valence-corrected chi connectivity index (χ3v) is 3.88. The van der Waals surface area contributed by atoms with E-state index in [4.69, 9.17) is 22.1 Å². The molecule has 21 heavy (non-hydrogen) atoms. The molecule has 2 aromatic rings. The molecule has 0 saturated heterocycles. The van der Waals surface area contributed by atoms with Gasteiger partial charge in [0.15, 0.2) is 0 Å². The van der Waals surface area contributed by atoms with Crippen molar-refractivity contribution in [3.05, 3.63) is 58.1 Å². The van der Waals surface area contributed by atoms with E-state index in [9.17, 15) is 0 Å². The number of nitrogens with two attached hydrogens (primary N) is 1. The molecule has 0 spiro atoms. The van der Waals surface area contributed by atoms with Crippen LogP contribution >= 0.6 is 11.6 Å². The fourth-order valence-corrected chi connectivity index (χ4v) is 2.38. The maximum Gasteiger partial charge on any atom is 0.146 e. The van der Waals surface area contributed by atoms with Crippen LogP contribution in [0.5, 0.6) is 11.5 Å².